The highest BCUT2D eigenvalue weighted by atomic mass is 79.9. The van der Waals surface area contributed by atoms with E-state index in [0.717, 1.165) is 17.3 Å². The zero-order valence-corrected chi connectivity index (χ0v) is 11.4. The molecule has 0 amide bonds. The molecule has 0 radical (unpaired) electrons. The number of halogens is 1. The zero-order valence-electron chi connectivity index (χ0n) is 9.80. The van der Waals surface area contributed by atoms with E-state index in [0.29, 0.717) is 24.5 Å². The SMILES string of the molecule is N/C(=N/O)c1c(Br)cccc1OC1CCOCC1. The molecule has 5 nitrogen and oxygen atoms in total. The molecule has 6 heteroatoms. The predicted molar refractivity (Wildman–Crippen MR) is 71.1 cm³/mol. The smallest absolute Gasteiger partial charge is 0.174 e. The number of nitrogens with zero attached hydrogens (tertiary/aromatic N) is 1. The van der Waals surface area contributed by atoms with Crippen molar-refractivity contribution >= 4 is 21.8 Å². The fourth-order valence-corrected chi connectivity index (χ4v) is 2.43. The van der Waals surface area contributed by atoms with Gasteiger partial charge in [-0.1, -0.05) is 11.2 Å². The van der Waals surface area contributed by atoms with Crippen molar-refractivity contribution in [3.05, 3.63) is 28.2 Å². The third-order valence-corrected chi connectivity index (χ3v) is 3.46. The first-order chi connectivity index (χ1) is 8.72. The Morgan fingerprint density at radius 3 is 2.83 bits per heavy atom. The van der Waals surface area contributed by atoms with Crippen LogP contribution in [0.1, 0.15) is 18.4 Å². The van der Waals surface area contributed by atoms with Crippen molar-refractivity contribution < 1.29 is 14.7 Å². The van der Waals surface area contributed by atoms with Crippen molar-refractivity contribution in [3.63, 3.8) is 0 Å². The molecule has 0 saturated carbocycles. The van der Waals surface area contributed by atoms with Crippen LogP contribution in [0.15, 0.2) is 27.8 Å². The fourth-order valence-electron chi connectivity index (χ4n) is 1.87. The molecular weight excluding hydrogens is 300 g/mol. The molecule has 0 aromatic heterocycles. The van der Waals surface area contributed by atoms with Crippen LogP contribution in [0.2, 0.25) is 0 Å². The average molecular weight is 315 g/mol. The van der Waals surface area contributed by atoms with Gasteiger partial charge >= 0.3 is 0 Å². The Hall–Kier alpha value is -1.27. The topological polar surface area (TPSA) is 77.1 Å². The van der Waals surface area contributed by atoms with Gasteiger partial charge in [-0.15, -0.1) is 0 Å². The minimum atomic E-state index is 0.0320. The van der Waals surface area contributed by atoms with Crippen LogP contribution >= 0.6 is 15.9 Å². The third-order valence-electron chi connectivity index (χ3n) is 2.80. The highest BCUT2D eigenvalue weighted by Gasteiger charge is 2.19. The maximum absolute atomic E-state index is 8.81. The van der Waals surface area contributed by atoms with Crippen molar-refractivity contribution in [1.29, 1.82) is 0 Å². The first-order valence-corrected chi connectivity index (χ1v) is 6.52. The van der Waals surface area contributed by atoms with Crippen LogP contribution in [-0.2, 0) is 4.74 Å². The van der Waals surface area contributed by atoms with Gasteiger partial charge in [-0.3, -0.25) is 0 Å². The Labute approximate surface area is 114 Å². The molecular formula is C12H15BrN2O3. The van der Waals surface area contributed by atoms with Crippen LogP contribution < -0.4 is 10.5 Å². The van der Waals surface area contributed by atoms with Crippen molar-refractivity contribution in [2.24, 2.45) is 10.9 Å². The van der Waals surface area contributed by atoms with E-state index in [9.17, 15) is 0 Å². The van der Waals surface area contributed by atoms with Crippen molar-refractivity contribution in [3.8, 4) is 5.75 Å². The summed E-state index contributed by atoms with van der Waals surface area (Å²) in [5, 5.41) is 11.8. The van der Waals surface area contributed by atoms with Gasteiger partial charge in [0, 0.05) is 17.3 Å². The second kappa shape index (κ2) is 6.06. The average Bonchev–Trinajstić information content (AvgIpc) is 2.39. The molecule has 18 heavy (non-hydrogen) atoms. The molecule has 0 bridgehead atoms. The molecule has 1 aromatic carbocycles. The lowest BCUT2D eigenvalue weighted by molar-refractivity contribution is 0.0254. The summed E-state index contributed by atoms with van der Waals surface area (Å²) in [6.07, 6.45) is 1.81. The summed E-state index contributed by atoms with van der Waals surface area (Å²) in [6, 6.07) is 5.49. The largest absolute Gasteiger partial charge is 0.489 e. The summed E-state index contributed by atoms with van der Waals surface area (Å²) in [7, 11) is 0. The molecule has 98 valence electrons. The number of nitrogens with two attached hydrogens (primary N) is 1. The van der Waals surface area contributed by atoms with E-state index in [-0.39, 0.29) is 11.9 Å². The lowest BCUT2D eigenvalue weighted by Gasteiger charge is -2.24. The number of hydrogen-bond acceptors (Lipinski definition) is 4. The lowest BCUT2D eigenvalue weighted by atomic mass is 10.1. The van der Waals surface area contributed by atoms with Crippen LogP contribution in [0.4, 0.5) is 0 Å². The normalized spacial score (nSPS) is 17.7. The molecule has 1 aliphatic heterocycles. The Kier molecular flexibility index (Phi) is 4.43. The van der Waals surface area contributed by atoms with Crippen molar-refractivity contribution in [1.82, 2.24) is 0 Å². The van der Waals surface area contributed by atoms with Crippen LogP contribution in [0.25, 0.3) is 0 Å². The van der Waals surface area contributed by atoms with E-state index in [1.807, 2.05) is 18.2 Å². The molecule has 0 aliphatic carbocycles. The van der Waals surface area contributed by atoms with Gasteiger partial charge in [0.2, 0.25) is 0 Å². The van der Waals surface area contributed by atoms with Gasteiger partial charge in [-0.05, 0) is 28.1 Å². The Balaban J connectivity index is 2.23. The van der Waals surface area contributed by atoms with Crippen LogP contribution in [0.3, 0.4) is 0 Å². The van der Waals surface area contributed by atoms with E-state index in [1.54, 1.807) is 0 Å². The van der Waals surface area contributed by atoms with E-state index in [1.165, 1.54) is 0 Å². The number of amidine groups is 1. The molecule has 0 spiro atoms. The quantitative estimate of drug-likeness (QED) is 0.388. The van der Waals surface area contributed by atoms with Crippen LogP contribution in [0.5, 0.6) is 5.75 Å². The molecule has 0 unspecified atom stereocenters. The summed E-state index contributed by atoms with van der Waals surface area (Å²) in [4.78, 5) is 0. The van der Waals surface area contributed by atoms with Crippen molar-refractivity contribution in [2.45, 2.75) is 18.9 Å². The molecule has 2 rings (SSSR count). The summed E-state index contributed by atoms with van der Waals surface area (Å²) in [6.45, 7) is 1.41. The summed E-state index contributed by atoms with van der Waals surface area (Å²) >= 11 is 3.38. The fraction of sp³-hybridized carbons (Fsp3) is 0.417. The minimum absolute atomic E-state index is 0.0320. The summed E-state index contributed by atoms with van der Waals surface area (Å²) in [5.41, 5.74) is 6.24. The second-order valence-corrected chi connectivity index (χ2v) is 4.88. The van der Waals surface area contributed by atoms with Gasteiger partial charge in [0.05, 0.1) is 18.8 Å². The highest BCUT2D eigenvalue weighted by Crippen LogP contribution is 2.28. The molecule has 1 fully saturated rings. The molecule has 1 heterocycles. The summed E-state index contributed by atoms with van der Waals surface area (Å²) < 4.78 is 11.9. The summed E-state index contributed by atoms with van der Waals surface area (Å²) in [5.74, 6) is 0.649. The molecule has 1 saturated heterocycles. The monoisotopic (exact) mass is 314 g/mol. The van der Waals surface area contributed by atoms with Gasteiger partial charge in [0.15, 0.2) is 5.84 Å². The Morgan fingerprint density at radius 2 is 2.17 bits per heavy atom. The van der Waals surface area contributed by atoms with Crippen LogP contribution in [-0.4, -0.2) is 30.4 Å². The molecule has 1 aromatic rings. The van der Waals surface area contributed by atoms with Crippen LogP contribution in [0, 0.1) is 0 Å². The van der Waals surface area contributed by atoms with E-state index >= 15 is 0 Å². The second-order valence-electron chi connectivity index (χ2n) is 4.03. The molecule has 1 aliphatic rings. The number of oxime groups is 1. The minimum Gasteiger partial charge on any atom is -0.489 e. The van der Waals surface area contributed by atoms with Gasteiger partial charge < -0.3 is 20.4 Å². The first-order valence-electron chi connectivity index (χ1n) is 5.73. The van der Waals surface area contributed by atoms with E-state index in [4.69, 9.17) is 20.4 Å². The zero-order chi connectivity index (χ0) is 13.0. The standard InChI is InChI=1S/C12H15BrN2O3/c13-9-2-1-3-10(11(9)12(14)15-16)18-8-4-6-17-7-5-8/h1-3,8,16H,4-7H2,(H2,14,15). The van der Waals surface area contributed by atoms with E-state index < -0.39 is 0 Å². The van der Waals surface area contributed by atoms with Crippen molar-refractivity contribution in [2.75, 3.05) is 13.2 Å². The highest BCUT2D eigenvalue weighted by molar-refractivity contribution is 9.10. The number of rotatable bonds is 3. The number of hydrogen-bond donors (Lipinski definition) is 2. The maximum atomic E-state index is 8.81. The van der Waals surface area contributed by atoms with Gasteiger partial charge in [-0.25, -0.2) is 0 Å². The number of benzene rings is 1. The maximum Gasteiger partial charge on any atom is 0.174 e. The molecule has 0 atom stereocenters. The number of ether oxygens (including phenoxy) is 2. The van der Waals surface area contributed by atoms with Gasteiger partial charge in [0.1, 0.15) is 11.9 Å². The molecule has 3 N–H and O–H groups in total. The Morgan fingerprint density at radius 1 is 1.44 bits per heavy atom. The third kappa shape index (κ3) is 2.94. The van der Waals surface area contributed by atoms with Gasteiger partial charge in [-0.2, -0.15) is 0 Å². The Bertz CT molecular complexity index is 445. The predicted octanol–water partition coefficient (Wildman–Crippen LogP) is 2.10. The first kappa shape index (κ1) is 13.2. The van der Waals surface area contributed by atoms with E-state index in [2.05, 4.69) is 21.1 Å². The van der Waals surface area contributed by atoms with Gasteiger partial charge in [0.25, 0.3) is 0 Å². The lowest BCUT2D eigenvalue weighted by Crippen LogP contribution is -2.27.